The summed E-state index contributed by atoms with van der Waals surface area (Å²) in [6.45, 7) is 0. The van der Waals surface area contributed by atoms with Gasteiger partial charge >= 0.3 is 6.09 Å². The molecule has 4 N–H and O–H groups in total. The molecule has 0 atom stereocenters. The van der Waals surface area contributed by atoms with Crippen molar-refractivity contribution < 1.29 is 19.1 Å². The van der Waals surface area contributed by atoms with E-state index in [4.69, 9.17) is 5.11 Å². The Hall–Kier alpha value is -2.43. The lowest BCUT2D eigenvalue weighted by atomic mass is 9.91. The lowest BCUT2D eigenvalue weighted by Crippen LogP contribution is -2.43. The molecule has 148 valence electrons. The summed E-state index contributed by atoms with van der Waals surface area (Å²) >= 11 is 2.18. The third-order valence-electron chi connectivity index (χ3n) is 4.58. The van der Waals surface area contributed by atoms with Crippen LogP contribution in [0.4, 0.5) is 20.7 Å². The molecule has 3 rings (SSSR count). The number of pyridine rings is 1. The van der Waals surface area contributed by atoms with Crippen molar-refractivity contribution in [2.24, 2.45) is 0 Å². The zero-order valence-corrected chi connectivity index (χ0v) is 17.1. The highest BCUT2D eigenvalue weighted by Crippen LogP contribution is 2.23. The van der Waals surface area contributed by atoms with Gasteiger partial charge in [-0.25, -0.2) is 14.2 Å². The van der Waals surface area contributed by atoms with Crippen molar-refractivity contribution >= 4 is 46.1 Å². The SMILES string of the molecule is O=C(O)NC1CCC(NC(=O)c2cc(F)cnc2Nc2cccc(I)c2)CC1. The fraction of sp³-hybridized carbons (Fsp3) is 0.316. The molecule has 1 aromatic carbocycles. The van der Waals surface area contributed by atoms with Gasteiger partial charge in [-0.3, -0.25) is 4.79 Å². The smallest absolute Gasteiger partial charge is 0.404 e. The number of benzene rings is 1. The van der Waals surface area contributed by atoms with Crippen molar-refractivity contribution in [1.82, 2.24) is 15.6 Å². The molecule has 9 heteroatoms. The van der Waals surface area contributed by atoms with Crippen molar-refractivity contribution in [1.29, 1.82) is 0 Å². The van der Waals surface area contributed by atoms with Crippen molar-refractivity contribution in [2.75, 3.05) is 5.32 Å². The maximum Gasteiger partial charge on any atom is 0.404 e. The second kappa shape index (κ2) is 9.18. The molecule has 1 aliphatic carbocycles. The number of nitrogens with zero attached hydrogens (tertiary/aromatic N) is 1. The standard InChI is InChI=1S/C19H20FIN4O3/c20-11-8-16(17(22-10-11)23-15-3-1-2-12(21)9-15)18(26)24-13-4-6-14(7-5-13)25-19(27)28/h1-3,8-10,13-14,25H,4-7H2,(H,22,23)(H,24,26)(H,27,28). The van der Waals surface area contributed by atoms with Crippen LogP contribution in [0.2, 0.25) is 0 Å². The molecule has 0 radical (unpaired) electrons. The van der Waals surface area contributed by atoms with Gasteiger partial charge in [-0.1, -0.05) is 6.07 Å². The summed E-state index contributed by atoms with van der Waals surface area (Å²) in [6, 6.07) is 8.52. The first-order valence-corrected chi connectivity index (χ1v) is 9.97. The zero-order valence-electron chi connectivity index (χ0n) is 14.9. The highest BCUT2D eigenvalue weighted by molar-refractivity contribution is 14.1. The molecule has 2 amide bonds. The number of hydrogen-bond donors (Lipinski definition) is 4. The van der Waals surface area contributed by atoms with E-state index in [1.165, 1.54) is 0 Å². The van der Waals surface area contributed by atoms with Gasteiger partial charge in [0.25, 0.3) is 5.91 Å². The molecule has 0 spiro atoms. The highest BCUT2D eigenvalue weighted by atomic mass is 127. The van der Waals surface area contributed by atoms with Crippen LogP contribution in [-0.2, 0) is 0 Å². The molecule has 2 aromatic rings. The fourth-order valence-electron chi connectivity index (χ4n) is 3.23. The first-order chi connectivity index (χ1) is 13.4. The number of carboxylic acid groups (broad SMARTS) is 1. The van der Waals surface area contributed by atoms with Gasteiger partial charge in [-0.05, 0) is 72.5 Å². The van der Waals surface area contributed by atoms with Gasteiger partial charge in [0.15, 0.2) is 0 Å². The Morgan fingerprint density at radius 3 is 2.43 bits per heavy atom. The second-order valence-electron chi connectivity index (χ2n) is 6.66. The Balaban J connectivity index is 1.68. The molecule has 1 aromatic heterocycles. The lowest BCUT2D eigenvalue weighted by molar-refractivity contribution is 0.0923. The van der Waals surface area contributed by atoms with Gasteiger partial charge in [-0.2, -0.15) is 0 Å². The summed E-state index contributed by atoms with van der Waals surface area (Å²) in [5, 5.41) is 17.2. The molecule has 0 bridgehead atoms. The minimum Gasteiger partial charge on any atom is -0.465 e. The number of carbonyl (C=O) groups is 2. The minimum atomic E-state index is -1.04. The second-order valence-corrected chi connectivity index (χ2v) is 7.90. The van der Waals surface area contributed by atoms with Crippen molar-refractivity contribution in [3.63, 3.8) is 0 Å². The predicted octanol–water partition coefficient (Wildman–Crippen LogP) is 3.88. The maximum absolute atomic E-state index is 13.7. The fourth-order valence-corrected chi connectivity index (χ4v) is 3.78. The number of halogens is 2. The Morgan fingerprint density at radius 2 is 1.79 bits per heavy atom. The monoisotopic (exact) mass is 498 g/mol. The van der Waals surface area contributed by atoms with E-state index in [1.807, 2.05) is 24.3 Å². The third kappa shape index (κ3) is 5.54. The molecule has 28 heavy (non-hydrogen) atoms. The summed E-state index contributed by atoms with van der Waals surface area (Å²) in [7, 11) is 0. The molecule has 0 saturated heterocycles. The van der Waals surface area contributed by atoms with Crippen LogP contribution >= 0.6 is 22.6 Å². The van der Waals surface area contributed by atoms with Gasteiger partial charge in [0.1, 0.15) is 11.6 Å². The van der Waals surface area contributed by atoms with Gasteiger partial charge in [0.05, 0.1) is 11.8 Å². The van der Waals surface area contributed by atoms with E-state index >= 15 is 0 Å². The molecule has 1 fully saturated rings. The summed E-state index contributed by atoms with van der Waals surface area (Å²) in [4.78, 5) is 27.5. The van der Waals surface area contributed by atoms with Crippen LogP contribution in [0.15, 0.2) is 36.5 Å². The molecular formula is C19H20FIN4O3. The van der Waals surface area contributed by atoms with Crippen LogP contribution < -0.4 is 16.0 Å². The number of hydrogen-bond acceptors (Lipinski definition) is 4. The quantitative estimate of drug-likeness (QED) is 0.469. The number of amides is 2. The maximum atomic E-state index is 13.7. The number of rotatable bonds is 5. The molecule has 7 nitrogen and oxygen atoms in total. The summed E-state index contributed by atoms with van der Waals surface area (Å²) in [5.41, 5.74) is 0.880. The largest absolute Gasteiger partial charge is 0.465 e. The highest BCUT2D eigenvalue weighted by Gasteiger charge is 2.25. The normalized spacial score (nSPS) is 18.9. The van der Waals surface area contributed by atoms with E-state index in [1.54, 1.807) is 0 Å². The number of anilines is 2. The minimum absolute atomic E-state index is 0.0897. The Bertz CT molecular complexity index is 872. The van der Waals surface area contributed by atoms with Crippen LogP contribution in [0.25, 0.3) is 0 Å². The first kappa shape index (κ1) is 20.3. The van der Waals surface area contributed by atoms with Gasteiger partial charge < -0.3 is 21.1 Å². The Kier molecular flexibility index (Phi) is 6.65. The molecule has 0 unspecified atom stereocenters. The van der Waals surface area contributed by atoms with E-state index in [0.29, 0.717) is 25.7 Å². The van der Waals surface area contributed by atoms with Crippen molar-refractivity contribution in [2.45, 2.75) is 37.8 Å². The topological polar surface area (TPSA) is 103 Å². The van der Waals surface area contributed by atoms with Crippen LogP contribution in [0, 0.1) is 9.39 Å². The van der Waals surface area contributed by atoms with E-state index in [9.17, 15) is 14.0 Å². The molecule has 1 aliphatic rings. The van der Waals surface area contributed by atoms with Gasteiger partial charge in [0, 0.05) is 21.3 Å². The van der Waals surface area contributed by atoms with Crippen LogP contribution in [0.5, 0.6) is 0 Å². The first-order valence-electron chi connectivity index (χ1n) is 8.89. The number of nitrogens with one attached hydrogen (secondary N) is 3. The van der Waals surface area contributed by atoms with Gasteiger partial charge in [0.2, 0.25) is 0 Å². The number of aromatic nitrogens is 1. The molecule has 1 saturated carbocycles. The molecular weight excluding hydrogens is 478 g/mol. The van der Waals surface area contributed by atoms with Crippen LogP contribution in [0.3, 0.4) is 0 Å². The Labute approximate surface area is 175 Å². The van der Waals surface area contributed by atoms with Crippen LogP contribution in [0.1, 0.15) is 36.0 Å². The van der Waals surface area contributed by atoms with E-state index in [0.717, 1.165) is 21.5 Å². The molecule has 0 aliphatic heterocycles. The summed E-state index contributed by atoms with van der Waals surface area (Å²) < 4.78 is 14.7. The van der Waals surface area contributed by atoms with E-state index in [2.05, 4.69) is 43.5 Å². The third-order valence-corrected chi connectivity index (χ3v) is 5.25. The lowest BCUT2D eigenvalue weighted by Gasteiger charge is -2.29. The zero-order chi connectivity index (χ0) is 20.1. The average Bonchev–Trinajstić information content (AvgIpc) is 2.64. The molecule has 1 heterocycles. The average molecular weight is 498 g/mol. The van der Waals surface area contributed by atoms with Gasteiger partial charge in [-0.15, -0.1) is 0 Å². The van der Waals surface area contributed by atoms with Crippen molar-refractivity contribution in [3.05, 3.63) is 51.5 Å². The van der Waals surface area contributed by atoms with Crippen LogP contribution in [-0.4, -0.2) is 34.2 Å². The van der Waals surface area contributed by atoms with Crippen molar-refractivity contribution in [3.8, 4) is 0 Å². The Morgan fingerprint density at radius 1 is 1.11 bits per heavy atom. The number of carbonyl (C=O) groups excluding carboxylic acids is 1. The summed E-state index contributed by atoms with van der Waals surface area (Å²) in [5.74, 6) is -0.718. The summed E-state index contributed by atoms with van der Waals surface area (Å²) in [6.07, 6.45) is 2.62. The van der Waals surface area contributed by atoms with E-state index < -0.39 is 17.8 Å². The predicted molar refractivity (Wildman–Crippen MR) is 111 cm³/mol. The van der Waals surface area contributed by atoms with E-state index in [-0.39, 0.29) is 23.5 Å².